The number of amides is 1. The SMILES string of the molecule is CN(C)C(=O)CCCn1cnc(N)c1. The highest BCUT2D eigenvalue weighted by Gasteiger charge is 2.03. The van der Waals surface area contributed by atoms with Crippen LogP contribution in [0.5, 0.6) is 0 Å². The Morgan fingerprint density at radius 3 is 2.86 bits per heavy atom. The van der Waals surface area contributed by atoms with Crippen LogP contribution in [0.2, 0.25) is 0 Å². The Morgan fingerprint density at radius 2 is 2.36 bits per heavy atom. The lowest BCUT2D eigenvalue weighted by atomic mass is 10.3. The van der Waals surface area contributed by atoms with Crippen molar-refractivity contribution in [2.24, 2.45) is 0 Å². The van der Waals surface area contributed by atoms with Gasteiger partial charge >= 0.3 is 0 Å². The van der Waals surface area contributed by atoms with Crippen LogP contribution < -0.4 is 5.73 Å². The number of hydrogen-bond acceptors (Lipinski definition) is 3. The molecule has 0 aliphatic heterocycles. The molecular weight excluding hydrogens is 180 g/mol. The number of imidazole rings is 1. The molecule has 78 valence electrons. The molecule has 0 radical (unpaired) electrons. The maximum Gasteiger partial charge on any atom is 0.222 e. The van der Waals surface area contributed by atoms with Crippen LogP contribution in [0, 0.1) is 0 Å². The minimum absolute atomic E-state index is 0.151. The van der Waals surface area contributed by atoms with Gasteiger partial charge in [0.05, 0.1) is 6.33 Å². The number of carbonyl (C=O) groups excluding carboxylic acids is 1. The Morgan fingerprint density at radius 1 is 1.64 bits per heavy atom. The zero-order valence-corrected chi connectivity index (χ0v) is 8.60. The van der Waals surface area contributed by atoms with Crippen LogP contribution in [0.15, 0.2) is 12.5 Å². The van der Waals surface area contributed by atoms with Gasteiger partial charge in [-0.2, -0.15) is 0 Å². The van der Waals surface area contributed by atoms with Crippen molar-refractivity contribution in [1.29, 1.82) is 0 Å². The summed E-state index contributed by atoms with van der Waals surface area (Å²) in [4.78, 5) is 16.7. The van der Waals surface area contributed by atoms with Crippen LogP contribution in [0.4, 0.5) is 5.82 Å². The van der Waals surface area contributed by atoms with E-state index in [1.807, 2.05) is 4.57 Å². The van der Waals surface area contributed by atoms with Crippen LogP contribution in [-0.4, -0.2) is 34.5 Å². The molecule has 1 rings (SSSR count). The molecule has 1 aromatic heterocycles. The Kier molecular flexibility index (Phi) is 3.50. The van der Waals surface area contributed by atoms with Gasteiger partial charge in [0.15, 0.2) is 0 Å². The summed E-state index contributed by atoms with van der Waals surface area (Å²) < 4.78 is 1.89. The van der Waals surface area contributed by atoms with Gasteiger partial charge in [0.2, 0.25) is 5.91 Å². The first-order valence-corrected chi connectivity index (χ1v) is 4.57. The number of aromatic nitrogens is 2. The van der Waals surface area contributed by atoms with Crippen LogP contribution in [0.25, 0.3) is 0 Å². The smallest absolute Gasteiger partial charge is 0.222 e. The van der Waals surface area contributed by atoms with Crippen molar-refractivity contribution in [2.45, 2.75) is 19.4 Å². The Labute approximate surface area is 83.5 Å². The van der Waals surface area contributed by atoms with Gasteiger partial charge in [0.25, 0.3) is 0 Å². The van der Waals surface area contributed by atoms with E-state index < -0.39 is 0 Å². The third kappa shape index (κ3) is 3.08. The second-order valence-corrected chi connectivity index (χ2v) is 3.43. The van der Waals surface area contributed by atoms with Crippen LogP contribution in [0.3, 0.4) is 0 Å². The number of aryl methyl sites for hydroxylation is 1. The van der Waals surface area contributed by atoms with Crippen molar-refractivity contribution in [1.82, 2.24) is 14.5 Å². The van der Waals surface area contributed by atoms with Gasteiger partial charge in [0.1, 0.15) is 5.82 Å². The third-order valence-corrected chi connectivity index (χ3v) is 1.96. The molecule has 0 aromatic carbocycles. The molecule has 0 aliphatic carbocycles. The molecule has 0 atom stereocenters. The molecule has 2 N–H and O–H groups in total. The predicted molar refractivity (Wildman–Crippen MR) is 54.6 cm³/mol. The number of anilines is 1. The fraction of sp³-hybridized carbons (Fsp3) is 0.556. The van der Waals surface area contributed by atoms with E-state index in [2.05, 4.69) is 4.98 Å². The number of hydrogen-bond donors (Lipinski definition) is 1. The maximum atomic E-state index is 11.2. The summed E-state index contributed by atoms with van der Waals surface area (Å²) in [6.07, 6.45) is 4.81. The van der Waals surface area contributed by atoms with Crippen molar-refractivity contribution in [3.63, 3.8) is 0 Å². The quantitative estimate of drug-likeness (QED) is 0.755. The largest absolute Gasteiger partial charge is 0.382 e. The zero-order valence-electron chi connectivity index (χ0n) is 8.60. The number of nitrogens with zero attached hydrogens (tertiary/aromatic N) is 3. The molecule has 1 amide bonds. The monoisotopic (exact) mass is 196 g/mol. The Bertz CT molecular complexity index is 306. The molecule has 1 heterocycles. The standard InChI is InChI=1S/C9H16N4O/c1-12(2)9(14)4-3-5-13-6-8(10)11-7-13/h6-7H,3-5,10H2,1-2H3. The molecule has 0 bridgehead atoms. The highest BCUT2D eigenvalue weighted by atomic mass is 16.2. The van der Waals surface area contributed by atoms with Crippen molar-refractivity contribution in [3.8, 4) is 0 Å². The molecule has 0 spiro atoms. The molecule has 0 aliphatic rings. The summed E-state index contributed by atoms with van der Waals surface area (Å²) in [7, 11) is 3.52. The van der Waals surface area contributed by atoms with Crippen molar-refractivity contribution in [3.05, 3.63) is 12.5 Å². The summed E-state index contributed by atoms with van der Waals surface area (Å²) in [5.74, 6) is 0.669. The number of carbonyl (C=O) groups is 1. The van der Waals surface area contributed by atoms with Gasteiger partial charge in [-0.3, -0.25) is 4.79 Å². The molecule has 1 aromatic rings. The minimum Gasteiger partial charge on any atom is -0.382 e. The number of nitrogens with two attached hydrogens (primary N) is 1. The van der Waals surface area contributed by atoms with Crippen LogP contribution in [0.1, 0.15) is 12.8 Å². The lowest BCUT2D eigenvalue weighted by molar-refractivity contribution is -0.128. The van der Waals surface area contributed by atoms with Crippen molar-refractivity contribution < 1.29 is 4.79 Å². The summed E-state index contributed by atoms with van der Waals surface area (Å²) in [6, 6.07) is 0. The van der Waals surface area contributed by atoms with E-state index in [-0.39, 0.29) is 5.91 Å². The third-order valence-electron chi connectivity index (χ3n) is 1.96. The van der Waals surface area contributed by atoms with Crippen molar-refractivity contribution in [2.75, 3.05) is 19.8 Å². The fourth-order valence-electron chi connectivity index (χ4n) is 1.14. The van der Waals surface area contributed by atoms with E-state index in [0.29, 0.717) is 12.2 Å². The van der Waals surface area contributed by atoms with Gasteiger partial charge < -0.3 is 15.2 Å². The Balaban J connectivity index is 2.25. The first kappa shape index (κ1) is 10.6. The number of nitrogen functional groups attached to an aromatic ring is 1. The predicted octanol–water partition coefficient (Wildman–Crippen LogP) is 0.334. The minimum atomic E-state index is 0.151. The van der Waals surface area contributed by atoms with E-state index in [0.717, 1.165) is 13.0 Å². The van der Waals surface area contributed by atoms with Gasteiger partial charge in [-0.1, -0.05) is 0 Å². The first-order chi connectivity index (χ1) is 6.59. The zero-order chi connectivity index (χ0) is 10.6. The van der Waals surface area contributed by atoms with E-state index in [1.165, 1.54) is 0 Å². The van der Waals surface area contributed by atoms with Gasteiger partial charge in [-0.05, 0) is 6.42 Å². The van der Waals surface area contributed by atoms with E-state index in [9.17, 15) is 4.79 Å². The average Bonchev–Trinajstić information content (AvgIpc) is 2.51. The van der Waals surface area contributed by atoms with E-state index in [1.54, 1.807) is 31.5 Å². The van der Waals surface area contributed by atoms with Gasteiger partial charge in [-0.25, -0.2) is 4.98 Å². The summed E-state index contributed by atoms with van der Waals surface area (Å²) in [5, 5.41) is 0. The fourth-order valence-corrected chi connectivity index (χ4v) is 1.14. The molecular formula is C9H16N4O. The van der Waals surface area contributed by atoms with Gasteiger partial charge in [-0.15, -0.1) is 0 Å². The summed E-state index contributed by atoms with van der Waals surface area (Å²) in [5.41, 5.74) is 5.45. The highest BCUT2D eigenvalue weighted by molar-refractivity contribution is 5.75. The number of rotatable bonds is 4. The molecule has 0 saturated heterocycles. The van der Waals surface area contributed by atoms with Crippen molar-refractivity contribution >= 4 is 11.7 Å². The first-order valence-electron chi connectivity index (χ1n) is 4.57. The summed E-state index contributed by atoms with van der Waals surface area (Å²) >= 11 is 0. The molecule has 5 nitrogen and oxygen atoms in total. The van der Waals surface area contributed by atoms with Crippen LogP contribution >= 0.6 is 0 Å². The highest BCUT2D eigenvalue weighted by Crippen LogP contribution is 2.01. The molecule has 0 saturated carbocycles. The lowest BCUT2D eigenvalue weighted by Gasteiger charge is -2.09. The second-order valence-electron chi connectivity index (χ2n) is 3.43. The maximum absolute atomic E-state index is 11.2. The summed E-state index contributed by atoms with van der Waals surface area (Å²) in [6.45, 7) is 0.782. The van der Waals surface area contributed by atoms with E-state index >= 15 is 0 Å². The molecule has 0 fully saturated rings. The molecule has 14 heavy (non-hydrogen) atoms. The second kappa shape index (κ2) is 4.64. The Hall–Kier alpha value is -1.52. The normalized spacial score (nSPS) is 10.1. The topological polar surface area (TPSA) is 64.2 Å². The molecule has 0 unspecified atom stereocenters. The average molecular weight is 196 g/mol. The van der Waals surface area contributed by atoms with Crippen LogP contribution in [-0.2, 0) is 11.3 Å². The lowest BCUT2D eigenvalue weighted by Crippen LogP contribution is -2.21. The molecule has 5 heteroatoms. The van der Waals surface area contributed by atoms with E-state index in [4.69, 9.17) is 5.73 Å². The van der Waals surface area contributed by atoms with Gasteiger partial charge in [0, 0.05) is 33.3 Å².